The Morgan fingerprint density at radius 2 is 1.24 bits per heavy atom. The average molecular weight is 653 g/mol. The second-order valence-corrected chi connectivity index (χ2v) is 15.3. The van der Waals surface area contributed by atoms with Gasteiger partial charge in [-0.25, -0.2) is 0 Å². The molecular weight excluding hydrogens is 603 g/mol. The molecule has 0 unspecified atom stereocenters. The quantitative estimate of drug-likeness (QED) is 0.138. The molecule has 0 aliphatic heterocycles. The van der Waals surface area contributed by atoms with Crippen LogP contribution in [0.3, 0.4) is 0 Å². The predicted molar refractivity (Wildman–Crippen MR) is 171 cm³/mol. The van der Waals surface area contributed by atoms with Gasteiger partial charge in [0.1, 0.15) is 5.75 Å². The summed E-state index contributed by atoms with van der Waals surface area (Å²) < 4.78 is 8.19. The molecule has 10 rings (SSSR count). The third kappa shape index (κ3) is 6.79. The second-order valence-electron chi connectivity index (χ2n) is 15.3. The van der Waals surface area contributed by atoms with Crippen molar-refractivity contribution in [1.82, 2.24) is 0 Å². The normalized spacial score (nSPS) is 35.1. The first-order valence-corrected chi connectivity index (χ1v) is 17.7. The van der Waals surface area contributed by atoms with Crippen molar-refractivity contribution in [3.05, 3.63) is 58.4 Å². The fourth-order valence-corrected chi connectivity index (χ4v) is 11.3. The van der Waals surface area contributed by atoms with E-state index in [9.17, 15) is 15.3 Å². The van der Waals surface area contributed by atoms with E-state index in [0.717, 1.165) is 58.4 Å². The molecule has 8 bridgehead atoms. The number of nitrogens with zero attached hydrogens (tertiary/aromatic N) is 2. The van der Waals surface area contributed by atoms with E-state index in [1.54, 1.807) is 24.4 Å². The number of aliphatic imine (C=N–C) groups is 1. The standard InChI is InChI=1S/C26H34O2.C11H15N2O2.O.V/c27-23-8-21(25-9-15-1-16(10-25)3-17(2-15)11-25)7-22(24(23)28)26-12-18-4-19(13-26)6-20(5-18)14-26;14-8-7-12-5-6-13-9-10-3-1-2-4-11(10)15;;/h7-8,15-20,27-28H,1-6,9-14H2;1-4,9,14-15H,5-8H2;;/q;-1;;. The van der Waals surface area contributed by atoms with Gasteiger partial charge >= 0.3 is 21.0 Å². The minimum atomic E-state index is 0.0865. The topological polar surface area (TPSA) is 124 Å². The molecule has 45 heavy (non-hydrogen) atoms. The molecule has 0 amide bonds. The third-order valence-corrected chi connectivity index (χ3v) is 12.2. The number of hydrogen-bond acceptors (Lipinski definition) is 6. The molecule has 0 aromatic heterocycles. The van der Waals surface area contributed by atoms with Gasteiger partial charge < -0.3 is 25.7 Å². The number of para-hydroxylation sites is 1. The maximum atomic E-state index is 11.0. The fourth-order valence-electron chi connectivity index (χ4n) is 11.3. The average Bonchev–Trinajstić information content (AvgIpc) is 3.01. The van der Waals surface area contributed by atoms with Gasteiger partial charge in [-0.15, -0.1) is 13.1 Å². The summed E-state index contributed by atoms with van der Waals surface area (Å²) >= 11 is 1.06. The van der Waals surface area contributed by atoms with E-state index in [4.69, 9.17) is 8.78 Å². The van der Waals surface area contributed by atoms with Crippen LogP contribution < -0.4 is 0 Å². The molecule has 243 valence electrons. The Labute approximate surface area is 277 Å². The number of rotatable bonds is 8. The number of benzene rings is 2. The van der Waals surface area contributed by atoms with Crippen molar-refractivity contribution < 1.29 is 41.5 Å². The number of phenols is 3. The molecule has 0 radical (unpaired) electrons. The summed E-state index contributed by atoms with van der Waals surface area (Å²) in [6.07, 6.45) is 17.9. The van der Waals surface area contributed by atoms with Crippen LogP contribution in [-0.2, 0) is 31.9 Å². The summed E-state index contributed by atoms with van der Waals surface area (Å²) in [7, 11) is 0. The van der Waals surface area contributed by atoms with Crippen molar-refractivity contribution in [2.75, 3.05) is 26.2 Å². The number of aliphatic hydroxyl groups excluding tert-OH is 1. The van der Waals surface area contributed by atoms with Crippen molar-refractivity contribution in [1.29, 1.82) is 0 Å². The van der Waals surface area contributed by atoms with Gasteiger partial charge in [-0.05, 0) is 147 Å². The third-order valence-electron chi connectivity index (χ3n) is 12.2. The Morgan fingerprint density at radius 3 is 1.76 bits per heavy atom. The number of hydrogen-bond donors (Lipinski definition) is 4. The Hall–Kier alpha value is -2.19. The zero-order chi connectivity index (χ0) is 31.6. The fraction of sp³-hybridized carbons (Fsp3) is 0.649. The molecule has 2 aromatic carbocycles. The van der Waals surface area contributed by atoms with E-state index in [2.05, 4.69) is 16.4 Å². The van der Waals surface area contributed by atoms with Gasteiger partial charge in [-0.2, -0.15) is 0 Å². The van der Waals surface area contributed by atoms with Gasteiger partial charge in [0, 0.05) is 30.5 Å². The zero-order valence-electron chi connectivity index (χ0n) is 26.4. The van der Waals surface area contributed by atoms with Crippen LogP contribution in [0.2, 0.25) is 0 Å². The summed E-state index contributed by atoms with van der Waals surface area (Å²) in [5, 5.41) is 43.7. The van der Waals surface area contributed by atoms with E-state index in [-0.39, 0.29) is 34.7 Å². The van der Waals surface area contributed by atoms with Crippen LogP contribution in [0.15, 0.2) is 41.4 Å². The van der Waals surface area contributed by atoms with Crippen LogP contribution in [0.1, 0.15) is 93.7 Å². The number of aromatic hydroxyl groups is 3. The van der Waals surface area contributed by atoms with E-state index >= 15 is 0 Å². The molecule has 8 saturated carbocycles. The molecule has 4 N–H and O–H groups in total. The molecule has 0 atom stereocenters. The van der Waals surface area contributed by atoms with E-state index in [1.807, 2.05) is 12.1 Å². The molecule has 8 fully saturated rings. The van der Waals surface area contributed by atoms with Crippen LogP contribution in [-0.4, -0.2) is 52.9 Å². The Morgan fingerprint density at radius 1 is 0.733 bits per heavy atom. The first kappa shape index (κ1) is 32.7. The molecule has 8 heteroatoms. The van der Waals surface area contributed by atoms with Crippen LogP contribution in [0.5, 0.6) is 17.2 Å². The summed E-state index contributed by atoms with van der Waals surface area (Å²) in [5.41, 5.74) is 3.66. The van der Waals surface area contributed by atoms with Gasteiger partial charge in [-0.1, -0.05) is 18.2 Å². The van der Waals surface area contributed by atoms with Crippen molar-refractivity contribution in [3.63, 3.8) is 0 Å². The van der Waals surface area contributed by atoms with Crippen molar-refractivity contribution in [3.8, 4) is 17.2 Å². The van der Waals surface area contributed by atoms with Gasteiger partial charge in [0.05, 0.1) is 0 Å². The first-order valence-electron chi connectivity index (χ1n) is 17.1. The maximum absolute atomic E-state index is 11.0. The van der Waals surface area contributed by atoms with E-state index < -0.39 is 0 Å². The summed E-state index contributed by atoms with van der Waals surface area (Å²) in [6.45, 7) is 1.73. The zero-order valence-corrected chi connectivity index (χ0v) is 27.8. The molecule has 8 aliphatic rings. The van der Waals surface area contributed by atoms with Gasteiger partial charge in [0.15, 0.2) is 11.5 Å². The van der Waals surface area contributed by atoms with Gasteiger partial charge in [0.25, 0.3) is 0 Å². The number of aliphatic hydroxyl groups is 1. The van der Waals surface area contributed by atoms with Gasteiger partial charge in [-0.3, -0.25) is 4.99 Å². The summed E-state index contributed by atoms with van der Waals surface area (Å²) in [5.74, 6) is 5.91. The Balaban J connectivity index is 0.000000180. The Kier molecular flexibility index (Phi) is 10.1. The summed E-state index contributed by atoms with van der Waals surface area (Å²) in [6, 6.07) is 11.4. The predicted octanol–water partition coefficient (Wildman–Crippen LogP) is 7.09. The second kappa shape index (κ2) is 13.9. The van der Waals surface area contributed by atoms with Crippen LogP contribution in [0.25, 0.3) is 5.32 Å². The van der Waals surface area contributed by atoms with Crippen molar-refractivity contribution in [2.45, 2.75) is 87.9 Å². The number of phenolic OH excluding ortho intramolecular Hbond substituents is 3. The minimum absolute atomic E-state index is 0.0865. The molecule has 0 spiro atoms. The molecule has 8 aliphatic carbocycles. The van der Waals surface area contributed by atoms with Crippen LogP contribution in [0.4, 0.5) is 0 Å². The monoisotopic (exact) mass is 652 g/mol. The van der Waals surface area contributed by atoms with Crippen molar-refractivity contribution in [2.24, 2.45) is 40.5 Å². The molecule has 2 aromatic rings. The molecule has 0 saturated heterocycles. The van der Waals surface area contributed by atoms with Crippen LogP contribution >= 0.6 is 0 Å². The summed E-state index contributed by atoms with van der Waals surface area (Å²) in [4.78, 5) is 4.11. The van der Waals surface area contributed by atoms with Gasteiger partial charge in [0.2, 0.25) is 0 Å². The molecule has 0 heterocycles. The van der Waals surface area contributed by atoms with Crippen LogP contribution in [0, 0.1) is 35.5 Å². The molecule has 7 nitrogen and oxygen atoms in total. The van der Waals surface area contributed by atoms with Crippen molar-refractivity contribution >= 4 is 6.21 Å². The Bertz CT molecular complexity index is 1290. The molecular formula is C37H49N2O5V-. The first-order chi connectivity index (χ1) is 21.8. The SMILES string of the molecule is OCC[N-]CCN=Cc1ccccc1O.Oc1cc(C23CC4CC(CC(C4)C2)C3)cc(C23CC4CC(CC(C4)C2)C3)c1O.[O]=[V]. The van der Waals surface area contributed by atoms with E-state index in [1.165, 1.54) is 82.6 Å². The van der Waals surface area contributed by atoms with E-state index in [0.29, 0.717) is 25.2 Å².